The SMILES string of the molecule is C=CC(=O)O.C=CC(=O)O.ClCC1CO1.Oc1ccccc1Cc1ccccc1O. The van der Waals surface area contributed by atoms with Crippen LogP contribution in [-0.2, 0) is 20.7 Å². The molecule has 1 saturated heterocycles. The van der Waals surface area contributed by atoms with Crippen LogP contribution >= 0.6 is 11.6 Å². The van der Waals surface area contributed by atoms with Crippen LogP contribution in [0.2, 0.25) is 0 Å². The predicted octanol–water partition coefficient (Wildman–Crippen LogP) is 3.83. The molecule has 30 heavy (non-hydrogen) atoms. The van der Waals surface area contributed by atoms with E-state index >= 15 is 0 Å². The maximum atomic E-state index is 9.58. The molecule has 0 saturated carbocycles. The van der Waals surface area contributed by atoms with Gasteiger partial charge >= 0.3 is 11.9 Å². The number of ether oxygens (including phenoxy) is 1. The molecule has 162 valence electrons. The lowest BCUT2D eigenvalue weighted by Gasteiger charge is -2.05. The molecule has 0 aliphatic carbocycles. The molecular weight excluding hydrogens is 412 g/mol. The number of halogens is 1. The van der Waals surface area contributed by atoms with Crippen LogP contribution < -0.4 is 0 Å². The second kappa shape index (κ2) is 15.6. The molecule has 1 aliphatic heterocycles. The zero-order valence-electron chi connectivity index (χ0n) is 16.3. The van der Waals surface area contributed by atoms with E-state index in [0.717, 1.165) is 29.9 Å². The van der Waals surface area contributed by atoms with Crippen molar-refractivity contribution in [2.75, 3.05) is 12.5 Å². The lowest BCUT2D eigenvalue weighted by molar-refractivity contribution is -0.132. The molecule has 3 rings (SSSR count). The van der Waals surface area contributed by atoms with E-state index < -0.39 is 11.9 Å². The number of phenolic OH excluding ortho intramolecular Hbond substituents is 2. The Hall–Kier alpha value is -3.29. The Morgan fingerprint density at radius 1 is 0.933 bits per heavy atom. The van der Waals surface area contributed by atoms with Crippen molar-refractivity contribution in [3.63, 3.8) is 0 Å². The van der Waals surface area contributed by atoms with Crippen LogP contribution in [0.4, 0.5) is 0 Å². The van der Waals surface area contributed by atoms with Crippen LogP contribution in [0.5, 0.6) is 11.5 Å². The monoisotopic (exact) mass is 436 g/mol. The first-order valence-electron chi connectivity index (χ1n) is 8.67. The van der Waals surface area contributed by atoms with Crippen LogP contribution in [0.1, 0.15) is 11.1 Å². The minimum absolute atomic E-state index is 0.265. The minimum atomic E-state index is -0.981. The van der Waals surface area contributed by atoms with Crippen molar-refractivity contribution in [3.8, 4) is 11.5 Å². The standard InChI is InChI=1S/C13H12O2.C3H5ClO.2C3H4O2/c14-12-7-3-1-5-10(12)9-11-6-2-4-8-13(11)15;4-1-3-2-5-3;2*1-2-3(4)5/h1-8,14-15H,9H2;3H,1-2H2;2*2H,1H2,(H,4,5). The van der Waals surface area contributed by atoms with Gasteiger partial charge in [-0.15, -0.1) is 11.6 Å². The average molecular weight is 437 g/mol. The van der Waals surface area contributed by atoms with Crippen molar-refractivity contribution in [1.29, 1.82) is 0 Å². The number of carbonyl (C=O) groups is 2. The fourth-order valence-electron chi connectivity index (χ4n) is 1.68. The summed E-state index contributed by atoms with van der Waals surface area (Å²) in [4.78, 5) is 18.5. The summed E-state index contributed by atoms with van der Waals surface area (Å²) in [6.07, 6.45) is 2.61. The Balaban J connectivity index is 0.000000460. The summed E-state index contributed by atoms with van der Waals surface area (Å²) in [6, 6.07) is 14.3. The molecule has 1 unspecified atom stereocenters. The van der Waals surface area contributed by atoms with Crippen LogP contribution in [0, 0.1) is 0 Å². The van der Waals surface area contributed by atoms with Crippen molar-refractivity contribution in [2.45, 2.75) is 12.5 Å². The van der Waals surface area contributed by atoms with E-state index in [0.29, 0.717) is 18.4 Å². The van der Waals surface area contributed by atoms with Crippen molar-refractivity contribution in [1.82, 2.24) is 0 Å². The molecule has 4 N–H and O–H groups in total. The van der Waals surface area contributed by atoms with Gasteiger partial charge < -0.3 is 25.2 Å². The van der Waals surface area contributed by atoms with Gasteiger partial charge in [-0.3, -0.25) is 0 Å². The molecule has 0 amide bonds. The Kier molecular flexibility index (Phi) is 13.9. The molecule has 0 radical (unpaired) electrons. The summed E-state index contributed by atoms with van der Waals surface area (Å²) < 4.78 is 4.73. The van der Waals surface area contributed by atoms with Gasteiger partial charge in [-0.25, -0.2) is 9.59 Å². The smallest absolute Gasteiger partial charge is 0.327 e. The van der Waals surface area contributed by atoms with E-state index in [2.05, 4.69) is 13.2 Å². The van der Waals surface area contributed by atoms with Crippen molar-refractivity contribution < 1.29 is 34.8 Å². The Morgan fingerprint density at radius 3 is 1.47 bits per heavy atom. The van der Waals surface area contributed by atoms with E-state index in [9.17, 15) is 19.8 Å². The van der Waals surface area contributed by atoms with E-state index in [-0.39, 0.29) is 11.5 Å². The molecule has 8 heteroatoms. The number of carboxylic acids is 2. The topological polar surface area (TPSA) is 128 Å². The normalized spacial score (nSPS) is 12.9. The zero-order chi connectivity index (χ0) is 22.9. The Bertz CT molecular complexity index is 755. The second-order valence-electron chi connectivity index (χ2n) is 5.63. The molecule has 2 aromatic carbocycles. The molecule has 1 aliphatic rings. The summed E-state index contributed by atoms with van der Waals surface area (Å²) in [5.74, 6) is -0.767. The molecular formula is C22H25ClO7. The molecule has 2 aromatic rings. The highest BCUT2D eigenvalue weighted by atomic mass is 35.5. The second-order valence-corrected chi connectivity index (χ2v) is 5.94. The summed E-state index contributed by atoms with van der Waals surface area (Å²) in [7, 11) is 0. The van der Waals surface area contributed by atoms with Gasteiger partial charge in [-0.2, -0.15) is 0 Å². The average Bonchev–Trinajstić information content (AvgIpc) is 3.57. The molecule has 0 aromatic heterocycles. The van der Waals surface area contributed by atoms with Gasteiger partial charge in [0.15, 0.2) is 0 Å². The maximum Gasteiger partial charge on any atom is 0.327 e. The first-order chi connectivity index (χ1) is 14.2. The Morgan fingerprint density at radius 2 is 1.27 bits per heavy atom. The molecule has 7 nitrogen and oxygen atoms in total. The van der Waals surface area contributed by atoms with Gasteiger partial charge in [0.2, 0.25) is 0 Å². The van der Waals surface area contributed by atoms with E-state index in [1.54, 1.807) is 24.3 Å². The van der Waals surface area contributed by atoms with Gasteiger partial charge in [-0.05, 0) is 23.3 Å². The van der Waals surface area contributed by atoms with Crippen LogP contribution in [0.15, 0.2) is 73.8 Å². The predicted molar refractivity (Wildman–Crippen MR) is 115 cm³/mol. The highest BCUT2D eigenvalue weighted by Crippen LogP contribution is 2.24. The number of aliphatic carboxylic acids is 2. The summed E-state index contributed by atoms with van der Waals surface area (Å²) in [6.45, 7) is 6.80. The van der Waals surface area contributed by atoms with Gasteiger partial charge in [0.1, 0.15) is 11.5 Å². The quantitative estimate of drug-likeness (QED) is 0.318. The third-order valence-electron chi connectivity index (χ3n) is 3.29. The maximum absolute atomic E-state index is 9.58. The number of hydrogen-bond acceptors (Lipinski definition) is 5. The molecule has 1 atom stereocenters. The third kappa shape index (κ3) is 13.8. The number of rotatable bonds is 5. The van der Waals surface area contributed by atoms with Crippen molar-refractivity contribution in [3.05, 3.63) is 85.0 Å². The summed E-state index contributed by atoms with van der Waals surface area (Å²) in [5, 5.41) is 34.4. The minimum Gasteiger partial charge on any atom is -0.508 e. The fraction of sp³-hybridized carbons (Fsp3) is 0.182. The number of benzene rings is 2. The number of para-hydroxylation sites is 2. The highest BCUT2D eigenvalue weighted by molar-refractivity contribution is 6.18. The van der Waals surface area contributed by atoms with Crippen LogP contribution in [-0.4, -0.2) is 51.0 Å². The molecule has 0 bridgehead atoms. The van der Waals surface area contributed by atoms with Gasteiger partial charge in [0.05, 0.1) is 18.6 Å². The molecule has 1 heterocycles. The largest absolute Gasteiger partial charge is 0.508 e. The van der Waals surface area contributed by atoms with Crippen molar-refractivity contribution in [2.24, 2.45) is 0 Å². The third-order valence-corrected chi connectivity index (χ3v) is 3.63. The van der Waals surface area contributed by atoms with Crippen molar-refractivity contribution >= 4 is 23.5 Å². The number of hydrogen-bond donors (Lipinski definition) is 4. The van der Waals surface area contributed by atoms with Crippen LogP contribution in [0.3, 0.4) is 0 Å². The van der Waals surface area contributed by atoms with Crippen LogP contribution in [0.25, 0.3) is 0 Å². The van der Waals surface area contributed by atoms with E-state index in [1.165, 1.54) is 0 Å². The van der Waals surface area contributed by atoms with Gasteiger partial charge in [-0.1, -0.05) is 49.6 Å². The number of phenols is 2. The highest BCUT2D eigenvalue weighted by Gasteiger charge is 2.19. The number of alkyl halides is 1. The zero-order valence-corrected chi connectivity index (χ0v) is 17.0. The first kappa shape index (κ1) is 26.7. The Labute approximate surface area is 180 Å². The number of aromatic hydroxyl groups is 2. The lowest BCUT2D eigenvalue weighted by atomic mass is 10.0. The summed E-state index contributed by atoms with van der Waals surface area (Å²) >= 11 is 5.27. The number of epoxide rings is 1. The van der Waals surface area contributed by atoms with Gasteiger partial charge in [0.25, 0.3) is 0 Å². The first-order valence-corrected chi connectivity index (χ1v) is 9.20. The number of carboxylic acid groups (broad SMARTS) is 2. The molecule has 1 fully saturated rings. The lowest BCUT2D eigenvalue weighted by Crippen LogP contribution is -1.88. The fourth-order valence-corrected chi connectivity index (χ4v) is 1.86. The van der Waals surface area contributed by atoms with E-state index in [4.69, 9.17) is 26.6 Å². The molecule has 0 spiro atoms. The van der Waals surface area contributed by atoms with E-state index in [1.807, 2.05) is 24.3 Å². The van der Waals surface area contributed by atoms with Gasteiger partial charge in [0, 0.05) is 18.6 Å². The summed E-state index contributed by atoms with van der Waals surface area (Å²) in [5.41, 5.74) is 1.64.